The van der Waals surface area contributed by atoms with Crippen molar-refractivity contribution in [2.45, 2.75) is 30.7 Å². The predicted molar refractivity (Wildman–Crippen MR) is 119 cm³/mol. The Kier molecular flexibility index (Phi) is 7.80. The molecule has 1 aliphatic rings. The molecule has 3 rings (SSSR count). The first-order valence-electron chi connectivity index (χ1n) is 10.1. The van der Waals surface area contributed by atoms with E-state index in [2.05, 4.69) is 5.32 Å². The van der Waals surface area contributed by atoms with Crippen LogP contribution in [0.3, 0.4) is 0 Å². The van der Waals surface area contributed by atoms with Crippen molar-refractivity contribution < 1.29 is 22.7 Å². The molecule has 9 heteroatoms. The Balaban J connectivity index is 1.57. The summed E-state index contributed by atoms with van der Waals surface area (Å²) in [4.78, 5) is 12.9. The normalized spacial score (nSPS) is 18.2. The van der Waals surface area contributed by atoms with E-state index in [4.69, 9.17) is 21.1 Å². The third kappa shape index (κ3) is 5.90. The average Bonchev–Trinajstić information content (AvgIpc) is 2.78. The van der Waals surface area contributed by atoms with Crippen LogP contribution >= 0.6 is 11.6 Å². The van der Waals surface area contributed by atoms with Crippen molar-refractivity contribution in [2.24, 2.45) is 5.92 Å². The largest absolute Gasteiger partial charge is 0.493 e. The molecular formula is C22H27ClN2O5S. The molecule has 0 bridgehead atoms. The van der Waals surface area contributed by atoms with Crippen LogP contribution in [-0.4, -0.2) is 51.5 Å². The Labute approximate surface area is 188 Å². The van der Waals surface area contributed by atoms with Gasteiger partial charge in [-0.2, -0.15) is 4.31 Å². The van der Waals surface area contributed by atoms with E-state index in [9.17, 15) is 13.2 Å². The molecular weight excluding hydrogens is 440 g/mol. The summed E-state index contributed by atoms with van der Waals surface area (Å²) in [5.41, 5.74) is 0. The number of nitrogens with zero attached hydrogens (tertiary/aromatic N) is 1. The number of amides is 1. The van der Waals surface area contributed by atoms with Crippen molar-refractivity contribution >= 4 is 27.5 Å². The van der Waals surface area contributed by atoms with E-state index in [0.29, 0.717) is 35.9 Å². The molecule has 1 N–H and O–H groups in total. The molecule has 0 aromatic heterocycles. The second-order valence-electron chi connectivity index (χ2n) is 7.53. The van der Waals surface area contributed by atoms with Gasteiger partial charge in [0.1, 0.15) is 6.61 Å². The van der Waals surface area contributed by atoms with E-state index in [-0.39, 0.29) is 30.0 Å². The first-order valence-corrected chi connectivity index (χ1v) is 11.9. The summed E-state index contributed by atoms with van der Waals surface area (Å²) in [6.45, 7) is 2.65. The minimum absolute atomic E-state index is 0.150. The second-order valence-corrected chi connectivity index (χ2v) is 9.90. The van der Waals surface area contributed by atoms with Gasteiger partial charge in [0.15, 0.2) is 11.5 Å². The Morgan fingerprint density at radius 2 is 1.87 bits per heavy atom. The number of piperidine rings is 1. The SMILES string of the molecule is COc1ccccc1OC[C@@H](C)NC(=O)[C@@H]1CCCN(S(=O)(=O)c2ccc(Cl)cc2)C1. The molecule has 1 heterocycles. The lowest BCUT2D eigenvalue weighted by Crippen LogP contribution is -2.48. The van der Waals surface area contributed by atoms with Crippen molar-refractivity contribution in [3.63, 3.8) is 0 Å². The van der Waals surface area contributed by atoms with Gasteiger partial charge >= 0.3 is 0 Å². The van der Waals surface area contributed by atoms with Crippen LogP contribution in [-0.2, 0) is 14.8 Å². The number of ether oxygens (including phenoxy) is 2. The molecule has 1 saturated heterocycles. The van der Waals surface area contributed by atoms with E-state index in [0.717, 1.165) is 0 Å². The molecule has 0 saturated carbocycles. The molecule has 31 heavy (non-hydrogen) atoms. The lowest BCUT2D eigenvalue weighted by molar-refractivity contribution is -0.126. The molecule has 1 fully saturated rings. The van der Waals surface area contributed by atoms with Gasteiger partial charge in [0.2, 0.25) is 15.9 Å². The van der Waals surface area contributed by atoms with Crippen LogP contribution in [0.25, 0.3) is 0 Å². The van der Waals surface area contributed by atoms with Crippen LogP contribution in [0, 0.1) is 5.92 Å². The molecule has 7 nitrogen and oxygen atoms in total. The number of hydrogen-bond acceptors (Lipinski definition) is 5. The van der Waals surface area contributed by atoms with Crippen molar-refractivity contribution in [1.29, 1.82) is 0 Å². The van der Waals surface area contributed by atoms with Crippen LogP contribution < -0.4 is 14.8 Å². The number of sulfonamides is 1. The fraction of sp³-hybridized carbons (Fsp3) is 0.409. The standard InChI is InChI=1S/C22H27ClN2O5S/c1-16(15-30-21-8-4-3-7-20(21)29-2)24-22(26)17-6-5-13-25(14-17)31(27,28)19-11-9-18(23)10-12-19/h3-4,7-12,16-17H,5-6,13-15H2,1-2H3,(H,24,26)/t16-,17-/m1/s1. The molecule has 0 unspecified atom stereocenters. The predicted octanol–water partition coefficient (Wildman–Crippen LogP) is 3.33. The number of nitrogens with one attached hydrogen (secondary N) is 1. The quantitative estimate of drug-likeness (QED) is 0.645. The van der Waals surface area contributed by atoms with Crippen molar-refractivity contribution in [3.8, 4) is 11.5 Å². The highest BCUT2D eigenvalue weighted by atomic mass is 35.5. The maximum absolute atomic E-state index is 12.9. The fourth-order valence-electron chi connectivity index (χ4n) is 3.49. The molecule has 0 spiro atoms. The summed E-state index contributed by atoms with van der Waals surface area (Å²) < 4.78 is 38.3. The lowest BCUT2D eigenvalue weighted by Gasteiger charge is -2.31. The summed E-state index contributed by atoms with van der Waals surface area (Å²) in [6, 6.07) is 13.1. The average molecular weight is 467 g/mol. The van der Waals surface area contributed by atoms with E-state index in [1.807, 2.05) is 19.1 Å². The zero-order chi connectivity index (χ0) is 22.4. The number of rotatable bonds is 8. The summed E-state index contributed by atoms with van der Waals surface area (Å²) >= 11 is 5.86. The summed E-state index contributed by atoms with van der Waals surface area (Å²) in [5, 5.41) is 3.40. The van der Waals surface area contributed by atoms with E-state index < -0.39 is 15.9 Å². The first-order chi connectivity index (χ1) is 14.8. The lowest BCUT2D eigenvalue weighted by atomic mass is 9.98. The Morgan fingerprint density at radius 3 is 2.55 bits per heavy atom. The van der Waals surface area contributed by atoms with Gasteiger partial charge in [0, 0.05) is 18.1 Å². The van der Waals surface area contributed by atoms with Gasteiger partial charge in [-0.1, -0.05) is 23.7 Å². The van der Waals surface area contributed by atoms with Gasteiger partial charge in [0.25, 0.3) is 0 Å². The number of methoxy groups -OCH3 is 1. The fourth-order valence-corrected chi connectivity index (χ4v) is 5.14. The number of benzene rings is 2. The third-order valence-electron chi connectivity index (χ3n) is 5.15. The topological polar surface area (TPSA) is 84.9 Å². The number of hydrogen-bond donors (Lipinski definition) is 1. The number of carbonyl (C=O) groups is 1. The van der Waals surface area contributed by atoms with Crippen molar-refractivity contribution in [1.82, 2.24) is 9.62 Å². The zero-order valence-electron chi connectivity index (χ0n) is 17.6. The van der Waals surface area contributed by atoms with Gasteiger partial charge in [0.05, 0.1) is 24.0 Å². The minimum Gasteiger partial charge on any atom is -0.493 e. The summed E-state index contributed by atoms with van der Waals surface area (Å²) in [7, 11) is -2.10. The van der Waals surface area contributed by atoms with Gasteiger partial charge < -0.3 is 14.8 Å². The van der Waals surface area contributed by atoms with Crippen molar-refractivity contribution in [3.05, 3.63) is 53.6 Å². The zero-order valence-corrected chi connectivity index (χ0v) is 19.2. The molecule has 1 aliphatic heterocycles. The Bertz CT molecular complexity index is 997. The number of para-hydroxylation sites is 2. The van der Waals surface area contributed by atoms with Gasteiger partial charge in [-0.25, -0.2) is 8.42 Å². The number of halogens is 1. The van der Waals surface area contributed by atoms with Gasteiger partial charge in [-0.3, -0.25) is 4.79 Å². The van der Waals surface area contributed by atoms with Crippen LogP contribution in [0.15, 0.2) is 53.4 Å². The summed E-state index contributed by atoms with van der Waals surface area (Å²) in [5.74, 6) is 0.636. The first kappa shape index (κ1) is 23.4. The van der Waals surface area contributed by atoms with E-state index >= 15 is 0 Å². The molecule has 2 aromatic carbocycles. The monoisotopic (exact) mass is 466 g/mol. The second kappa shape index (κ2) is 10.3. The minimum atomic E-state index is -3.67. The Morgan fingerprint density at radius 1 is 1.19 bits per heavy atom. The highest BCUT2D eigenvalue weighted by Gasteiger charge is 2.33. The Hall–Kier alpha value is -2.29. The molecule has 168 valence electrons. The van der Waals surface area contributed by atoms with Crippen LogP contribution in [0.5, 0.6) is 11.5 Å². The van der Waals surface area contributed by atoms with Crippen LogP contribution in [0.4, 0.5) is 0 Å². The summed E-state index contributed by atoms with van der Waals surface area (Å²) in [6.07, 6.45) is 1.26. The molecule has 2 aromatic rings. The highest BCUT2D eigenvalue weighted by molar-refractivity contribution is 7.89. The molecule has 2 atom stereocenters. The van der Waals surface area contributed by atoms with Gasteiger partial charge in [-0.05, 0) is 56.2 Å². The molecule has 1 amide bonds. The molecule has 0 aliphatic carbocycles. The van der Waals surface area contributed by atoms with E-state index in [1.165, 1.54) is 16.4 Å². The highest BCUT2D eigenvalue weighted by Crippen LogP contribution is 2.26. The van der Waals surface area contributed by atoms with E-state index in [1.54, 1.807) is 31.4 Å². The van der Waals surface area contributed by atoms with Crippen LogP contribution in [0.2, 0.25) is 5.02 Å². The van der Waals surface area contributed by atoms with Crippen molar-refractivity contribution in [2.75, 3.05) is 26.8 Å². The third-order valence-corrected chi connectivity index (χ3v) is 7.28. The maximum atomic E-state index is 12.9. The van der Waals surface area contributed by atoms with Crippen LogP contribution in [0.1, 0.15) is 19.8 Å². The number of carbonyl (C=O) groups excluding carboxylic acids is 1. The maximum Gasteiger partial charge on any atom is 0.243 e. The smallest absolute Gasteiger partial charge is 0.243 e. The molecule has 0 radical (unpaired) electrons. The van der Waals surface area contributed by atoms with Gasteiger partial charge in [-0.15, -0.1) is 0 Å².